The molecule has 1 atom stereocenters. The summed E-state index contributed by atoms with van der Waals surface area (Å²) in [4.78, 5) is 13.5. The van der Waals surface area contributed by atoms with Crippen LogP contribution in [0.5, 0.6) is 0 Å². The molecule has 1 aromatic rings. The first-order valence-electron chi connectivity index (χ1n) is 4.82. The van der Waals surface area contributed by atoms with Crippen molar-refractivity contribution in [3.8, 4) is 0 Å². The lowest BCUT2D eigenvalue weighted by atomic mass is 9.98. The van der Waals surface area contributed by atoms with E-state index in [1.807, 2.05) is 25.1 Å². The van der Waals surface area contributed by atoms with Crippen LogP contribution < -0.4 is 10.6 Å². The summed E-state index contributed by atoms with van der Waals surface area (Å²) < 4.78 is 0. The second-order valence-corrected chi connectivity index (χ2v) is 3.64. The summed E-state index contributed by atoms with van der Waals surface area (Å²) in [5.74, 6) is 0.152. The first-order valence-corrected chi connectivity index (χ1v) is 4.82. The molecule has 0 saturated carbocycles. The smallest absolute Gasteiger partial charge is 0.234 e. The summed E-state index contributed by atoms with van der Waals surface area (Å²) >= 11 is 0. The highest BCUT2D eigenvalue weighted by Gasteiger charge is 2.34. The van der Waals surface area contributed by atoms with E-state index in [0.717, 1.165) is 17.7 Å². The molecular formula is C11H14N2O. The number of nitrogens with two attached hydrogens (primary N) is 1. The summed E-state index contributed by atoms with van der Waals surface area (Å²) in [5, 5.41) is 0. The van der Waals surface area contributed by atoms with Gasteiger partial charge in [-0.1, -0.05) is 19.1 Å². The van der Waals surface area contributed by atoms with Crippen LogP contribution in [0.25, 0.3) is 0 Å². The number of rotatable bonds is 1. The van der Waals surface area contributed by atoms with Gasteiger partial charge in [-0.2, -0.15) is 0 Å². The minimum absolute atomic E-state index is 0.00139. The Morgan fingerprint density at radius 1 is 1.50 bits per heavy atom. The Morgan fingerprint density at radius 3 is 2.86 bits per heavy atom. The van der Waals surface area contributed by atoms with Crippen LogP contribution in [0.15, 0.2) is 18.2 Å². The summed E-state index contributed by atoms with van der Waals surface area (Å²) in [6.07, 6.45) is 0.833. The number of hydrogen-bond acceptors (Lipinski definition) is 2. The average Bonchev–Trinajstić information content (AvgIpc) is 2.41. The first kappa shape index (κ1) is 9.06. The van der Waals surface area contributed by atoms with Gasteiger partial charge in [-0.3, -0.25) is 4.79 Å². The molecule has 1 amide bonds. The van der Waals surface area contributed by atoms with Crippen LogP contribution in [0.2, 0.25) is 0 Å². The van der Waals surface area contributed by atoms with Crippen molar-refractivity contribution in [3.63, 3.8) is 0 Å². The average molecular weight is 190 g/mol. The quantitative estimate of drug-likeness (QED) is 0.685. The van der Waals surface area contributed by atoms with Gasteiger partial charge in [-0.15, -0.1) is 0 Å². The van der Waals surface area contributed by atoms with E-state index in [1.54, 1.807) is 11.9 Å². The van der Waals surface area contributed by atoms with Crippen molar-refractivity contribution in [1.82, 2.24) is 0 Å². The van der Waals surface area contributed by atoms with Crippen LogP contribution in [0.1, 0.15) is 24.8 Å². The Labute approximate surface area is 83.5 Å². The lowest BCUT2D eigenvalue weighted by Crippen LogP contribution is -2.24. The molecule has 0 spiro atoms. The SMILES string of the molecule is CCC1C(=O)N(C)c2c(N)cccc21. The highest BCUT2D eigenvalue weighted by atomic mass is 16.2. The van der Waals surface area contributed by atoms with Gasteiger partial charge in [-0.05, 0) is 18.1 Å². The van der Waals surface area contributed by atoms with E-state index in [9.17, 15) is 4.79 Å². The molecule has 2 rings (SSSR count). The molecule has 1 aliphatic heterocycles. The summed E-state index contributed by atoms with van der Waals surface area (Å²) in [6, 6.07) is 5.73. The molecule has 74 valence electrons. The van der Waals surface area contributed by atoms with Crippen molar-refractivity contribution >= 4 is 17.3 Å². The van der Waals surface area contributed by atoms with Gasteiger partial charge in [0.25, 0.3) is 0 Å². The Hall–Kier alpha value is -1.51. The largest absolute Gasteiger partial charge is 0.397 e. The molecular weight excluding hydrogens is 176 g/mol. The van der Waals surface area contributed by atoms with Crippen LogP contribution in [0.3, 0.4) is 0 Å². The molecule has 0 radical (unpaired) electrons. The number of hydrogen-bond donors (Lipinski definition) is 1. The molecule has 3 nitrogen and oxygen atoms in total. The monoisotopic (exact) mass is 190 g/mol. The number of nitrogen functional groups attached to an aromatic ring is 1. The minimum atomic E-state index is -0.00139. The van der Waals surface area contributed by atoms with Crippen molar-refractivity contribution in [1.29, 1.82) is 0 Å². The molecule has 0 aliphatic carbocycles. The lowest BCUT2D eigenvalue weighted by Gasteiger charge is -2.11. The summed E-state index contributed by atoms with van der Waals surface area (Å²) in [5.41, 5.74) is 8.50. The van der Waals surface area contributed by atoms with Crippen molar-refractivity contribution < 1.29 is 4.79 Å². The maximum atomic E-state index is 11.8. The number of anilines is 2. The van der Waals surface area contributed by atoms with Gasteiger partial charge < -0.3 is 10.6 Å². The zero-order valence-electron chi connectivity index (χ0n) is 8.45. The number of carbonyl (C=O) groups excluding carboxylic acids is 1. The van der Waals surface area contributed by atoms with Crippen molar-refractivity contribution in [2.75, 3.05) is 17.7 Å². The number of para-hydroxylation sites is 1. The fourth-order valence-electron chi connectivity index (χ4n) is 2.12. The number of nitrogens with zero attached hydrogens (tertiary/aromatic N) is 1. The Balaban J connectivity index is 2.61. The van der Waals surface area contributed by atoms with E-state index >= 15 is 0 Å². The predicted molar refractivity (Wildman–Crippen MR) is 57.3 cm³/mol. The van der Waals surface area contributed by atoms with E-state index in [1.165, 1.54) is 0 Å². The number of fused-ring (bicyclic) bond motifs is 1. The van der Waals surface area contributed by atoms with Crippen LogP contribution in [0.4, 0.5) is 11.4 Å². The molecule has 1 aliphatic rings. The van der Waals surface area contributed by atoms with Crippen LogP contribution in [-0.4, -0.2) is 13.0 Å². The molecule has 14 heavy (non-hydrogen) atoms. The van der Waals surface area contributed by atoms with Gasteiger partial charge in [0.1, 0.15) is 0 Å². The van der Waals surface area contributed by atoms with Gasteiger partial charge in [0.05, 0.1) is 17.3 Å². The van der Waals surface area contributed by atoms with E-state index in [0.29, 0.717) is 5.69 Å². The molecule has 2 N–H and O–H groups in total. The topological polar surface area (TPSA) is 46.3 Å². The summed E-state index contributed by atoms with van der Waals surface area (Å²) in [7, 11) is 1.78. The van der Waals surface area contributed by atoms with Gasteiger partial charge >= 0.3 is 0 Å². The standard InChI is InChI=1S/C11H14N2O/c1-3-7-8-5-4-6-9(12)10(8)13(2)11(7)14/h4-7H,3,12H2,1-2H3. The third kappa shape index (κ3) is 1.02. The maximum Gasteiger partial charge on any atom is 0.234 e. The van der Waals surface area contributed by atoms with Crippen LogP contribution in [-0.2, 0) is 4.79 Å². The van der Waals surface area contributed by atoms with Gasteiger partial charge in [0.15, 0.2) is 0 Å². The zero-order chi connectivity index (χ0) is 10.3. The number of amides is 1. The fourth-order valence-corrected chi connectivity index (χ4v) is 2.12. The highest BCUT2D eigenvalue weighted by Crippen LogP contribution is 2.41. The lowest BCUT2D eigenvalue weighted by molar-refractivity contribution is -0.119. The molecule has 0 saturated heterocycles. The number of likely N-dealkylation sites (N-methyl/N-ethyl adjacent to an activating group) is 1. The van der Waals surface area contributed by atoms with Crippen molar-refractivity contribution in [2.45, 2.75) is 19.3 Å². The minimum Gasteiger partial charge on any atom is -0.397 e. The van der Waals surface area contributed by atoms with Gasteiger partial charge in [0, 0.05) is 7.05 Å². The van der Waals surface area contributed by atoms with Crippen LogP contribution >= 0.6 is 0 Å². The second kappa shape index (κ2) is 3.01. The van der Waals surface area contributed by atoms with Crippen LogP contribution in [0, 0.1) is 0 Å². The first-order chi connectivity index (χ1) is 6.66. The van der Waals surface area contributed by atoms with Gasteiger partial charge in [0.2, 0.25) is 5.91 Å². The Morgan fingerprint density at radius 2 is 2.21 bits per heavy atom. The normalized spacial score (nSPS) is 20.0. The second-order valence-electron chi connectivity index (χ2n) is 3.64. The van der Waals surface area contributed by atoms with E-state index in [-0.39, 0.29) is 11.8 Å². The predicted octanol–water partition coefficient (Wildman–Crippen LogP) is 1.74. The van der Waals surface area contributed by atoms with Gasteiger partial charge in [-0.25, -0.2) is 0 Å². The third-order valence-corrected chi connectivity index (χ3v) is 2.85. The number of carbonyl (C=O) groups is 1. The summed E-state index contributed by atoms with van der Waals surface area (Å²) in [6.45, 7) is 2.02. The van der Waals surface area contributed by atoms with E-state index < -0.39 is 0 Å². The molecule has 1 unspecified atom stereocenters. The maximum absolute atomic E-state index is 11.8. The molecule has 0 bridgehead atoms. The molecule has 0 fully saturated rings. The Bertz CT molecular complexity index is 387. The number of benzene rings is 1. The highest BCUT2D eigenvalue weighted by molar-refractivity contribution is 6.07. The van der Waals surface area contributed by atoms with E-state index in [2.05, 4.69) is 0 Å². The zero-order valence-corrected chi connectivity index (χ0v) is 8.45. The molecule has 1 heterocycles. The van der Waals surface area contributed by atoms with Crippen molar-refractivity contribution in [2.24, 2.45) is 0 Å². The van der Waals surface area contributed by atoms with E-state index in [4.69, 9.17) is 5.73 Å². The van der Waals surface area contributed by atoms with Crippen molar-refractivity contribution in [3.05, 3.63) is 23.8 Å². The fraction of sp³-hybridized carbons (Fsp3) is 0.364. The third-order valence-electron chi connectivity index (χ3n) is 2.85. The molecule has 3 heteroatoms. The molecule has 0 aromatic heterocycles. The molecule has 1 aromatic carbocycles. The Kier molecular flexibility index (Phi) is 1.95.